The van der Waals surface area contributed by atoms with Crippen LogP contribution in [-0.4, -0.2) is 39.9 Å². The lowest BCUT2D eigenvalue weighted by Gasteiger charge is -2.25. The number of nitrogens with one attached hydrogen (secondary N) is 2. The SMILES string of the molecule is C=CCOc1ccccc1CN=C(NCC)NC1CCc2nc(C(C)C)nn2C1. The lowest BCUT2D eigenvalue weighted by molar-refractivity contribution is 0.359. The highest BCUT2D eigenvalue weighted by Crippen LogP contribution is 2.19. The number of benzene rings is 1. The van der Waals surface area contributed by atoms with Gasteiger partial charge in [-0.1, -0.05) is 44.7 Å². The van der Waals surface area contributed by atoms with Gasteiger partial charge in [-0.05, 0) is 19.4 Å². The lowest BCUT2D eigenvalue weighted by atomic mass is 10.1. The molecule has 1 aromatic carbocycles. The van der Waals surface area contributed by atoms with Gasteiger partial charge in [0.1, 0.15) is 18.2 Å². The molecule has 2 N–H and O–H groups in total. The normalized spacial score (nSPS) is 16.4. The van der Waals surface area contributed by atoms with Crippen molar-refractivity contribution < 1.29 is 4.74 Å². The molecule has 1 aliphatic heterocycles. The molecule has 29 heavy (non-hydrogen) atoms. The number of hydrogen-bond donors (Lipinski definition) is 2. The van der Waals surface area contributed by atoms with E-state index in [0.29, 0.717) is 19.1 Å². The summed E-state index contributed by atoms with van der Waals surface area (Å²) >= 11 is 0. The van der Waals surface area contributed by atoms with Crippen molar-refractivity contribution in [3.63, 3.8) is 0 Å². The van der Waals surface area contributed by atoms with Crippen LogP contribution >= 0.6 is 0 Å². The number of para-hydroxylation sites is 1. The number of nitrogens with zero attached hydrogens (tertiary/aromatic N) is 4. The van der Waals surface area contributed by atoms with Crippen LogP contribution in [0.3, 0.4) is 0 Å². The van der Waals surface area contributed by atoms with Crippen molar-refractivity contribution in [3.8, 4) is 5.75 Å². The highest BCUT2D eigenvalue weighted by atomic mass is 16.5. The molecule has 0 bridgehead atoms. The Labute approximate surface area is 173 Å². The number of fused-ring (bicyclic) bond motifs is 1. The van der Waals surface area contributed by atoms with Gasteiger partial charge < -0.3 is 15.4 Å². The average Bonchev–Trinajstić information content (AvgIpc) is 3.15. The van der Waals surface area contributed by atoms with E-state index in [1.807, 2.05) is 28.9 Å². The first kappa shape index (κ1) is 20.9. The van der Waals surface area contributed by atoms with Crippen LogP contribution in [0, 0.1) is 0 Å². The van der Waals surface area contributed by atoms with E-state index >= 15 is 0 Å². The van der Waals surface area contributed by atoms with Crippen LogP contribution < -0.4 is 15.4 Å². The third-order valence-electron chi connectivity index (χ3n) is 4.81. The molecule has 1 atom stereocenters. The first-order valence-electron chi connectivity index (χ1n) is 10.4. The van der Waals surface area contributed by atoms with Gasteiger partial charge >= 0.3 is 0 Å². The maximum absolute atomic E-state index is 5.74. The predicted octanol–water partition coefficient (Wildman–Crippen LogP) is 3.04. The second kappa shape index (κ2) is 10.1. The molecule has 2 heterocycles. The Morgan fingerprint density at radius 3 is 3.00 bits per heavy atom. The Morgan fingerprint density at radius 2 is 2.24 bits per heavy atom. The van der Waals surface area contributed by atoms with E-state index in [0.717, 1.165) is 54.9 Å². The summed E-state index contributed by atoms with van der Waals surface area (Å²) in [6.45, 7) is 12.7. The minimum Gasteiger partial charge on any atom is -0.489 e. The van der Waals surface area contributed by atoms with E-state index in [1.54, 1.807) is 6.08 Å². The molecule has 0 saturated heterocycles. The number of rotatable bonds is 8. The highest BCUT2D eigenvalue weighted by molar-refractivity contribution is 5.80. The molecule has 0 fully saturated rings. The molecular formula is C22H32N6O. The summed E-state index contributed by atoms with van der Waals surface area (Å²) < 4.78 is 7.78. The number of aliphatic imine (C=N–C) groups is 1. The first-order valence-corrected chi connectivity index (χ1v) is 10.4. The van der Waals surface area contributed by atoms with Crippen molar-refractivity contribution in [1.82, 2.24) is 25.4 Å². The summed E-state index contributed by atoms with van der Waals surface area (Å²) in [6, 6.07) is 8.26. The van der Waals surface area contributed by atoms with Crippen molar-refractivity contribution >= 4 is 5.96 Å². The van der Waals surface area contributed by atoms with Gasteiger partial charge in [0.25, 0.3) is 0 Å². The average molecular weight is 397 g/mol. The zero-order valence-corrected chi connectivity index (χ0v) is 17.7. The topological polar surface area (TPSA) is 76.4 Å². The molecule has 0 amide bonds. The number of guanidine groups is 1. The van der Waals surface area contributed by atoms with Gasteiger partial charge in [-0.25, -0.2) is 14.7 Å². The van der Waals surface area contributed by atoms with E-state index in [1.165, 1.54) is 0 Å². The Kier molecular flexibility index (Phi) is 7.27. The van der Waals surface area contributed by atoms with Gasteiger partial charge in [-0.15, -0.1) is 0 Å². The minimum absolute atomic E-state index is 0.272. The van der Waals surface area contributed by atoms with Crippen molar-refractivity contribution in [3.05, 3.63) is 54.1 Å². The molecule has 0 saturated carbocycles. The Hall–Kier alpha value is -2.83. The third-order valence-corrected chi connectivity index (χ3v) is 4.81. The smallest absolute Gasteiger partial charge is 0.191 e. The summed E-state index contributed by atoms with van der Waals surface area (Å²) in [5.74, 6) is 4.02. The Morgan fingerprint density at radius 1 is 1.41 bits per heavy atom. The van der Waals surface area contributed by atoms with Crippen LogP contribution in [0.5, 0.6) is 5.75 Å². The van der Waals surface area contributed by atoms with Crippen molar-refractivity contribution in [2.45, 2.75) is 58.7 Å². The molecule has 3 rings (SSSR count). The van der Waals surface area contributed by atoms with Crippen LogP contribution in [-0.2, 0) is 19.5 Å². The summed E-state index contributed by atoms with van der Waals surface area (Å²) in [7, 11) is 0. The molecule has 1 unspecified atom stereocenters. The monoisotopic (exact) mass is 396 g/mol. The molecule has 2 aromatic rings. The molecule has 1 aromatic heterocycles. The maximum atomic E-state index is 5.74. The molecule has 7 nitrogen and oxygen atoms in total. The first-order chi connectivity index (χ1) is 14.1. The Bertz CT molecular complexity index is 842. The molecule has 0 spiro atoms. The van der Waals surface area contributed by atoms with Crippen molar-refractivity contribution in [2.75, 3.05) is 13.2 Å². The zero-order valence-electron chi connectivity index (χ0n) is 17.7. The third kappa shape index (κ3) is 5.59. The minimum atomic E-state index is 0.272. The van der Waals surface area contributed by atoms with Gasteiger partial charge in [0.15, 0.2) is 11.8 Å². The fourth-order valence-corrected chi connectivity index (χ4v) is 3.29. The molecule has 7 heteroatoms. The molecule has 156 valence electrons. The van der Waals surface area contributed by atoms with E-state index in [4.69, 9.17) is 9.73 Å². The molecule has 1 aliphatic rings. The van der Waals surface area contributed by atoms with E-state index in [9.17, 15) is 0 Å². The summed E-state index contributed by atoms with van der Waals surface area (Å²) in [6.07, 6.45) is 3.69. The van der Waals surface area contributed by atoms with Crippen LogP contribution in [0.1, 0.15) is 50.3 Å². The fraction of sp³-hybridized carbons (Fsp3) is 0.500. The molecular weight excluding hydrogens is 364 g/mol. The second-order valence-corrected chi connectivity index (χ2v) is 7.51. The van der Waals surface area contributed by atoms with Crippen LogP contribution in [0.4, 0.5) is 0 Å². The summed E-state index contributed by atoms with van der Waals surface area (Å²) in [4.78, 5) is 9.45. The number of ether oxygens (including phenoxy) is 1. The lowest BCUT2D eigenvalue weighted by Crippen LogP contribution is -2.47. The predicted molar refractivity (Wildman–Crippen MR) is 116 cm³/mol. The van der Waals surface area contributed by atoms with Gasteiger partial charge in [0, 0.05) is 30.5 Å². The van der Waals surface area contributed by atoms with Gasteiger partial charge in [0.05, 0.1) is 13.1 Å². The van der Waals surface area contributed by atoms with Gasteiger partial charge in [-0.2, -0.15) is 5.10 Å². The van der Waals surface area contributed by atoms with Crippen molar-refractivity contribution in [1.29, 1.82) is 0 Å². The largest absolute Gasteiger partial charge is 0.489 e. The summed E-state index contributed by atoms with van der Waals surface area (Å²) in [5, 5.41) is 11.6. The molecule has 0 aliphatic carbocycles. The maximum Gasteiger partial charge on any atom is 0.191 e. The standard InChI is InChI=1S/C22H32N6O/c1-5-13-29-19-10-8-7-9-17(19)14-24-22(23-6-2)25-18-11-12-20-26-21(16(3)4)27-28(20)15-18/h5,7-10,16,18H,1,6,11-15H2,2-4H3,(H2,23,24,25). The fourth-order valence-electron chi connectivity index (χ4n) is 3.29. The van der Waals surface area contributed by atoms with Gasteiger partial charge in [0.2, 0.25) is 0 Å². The number of aryl methyl sites for hydroxylation is 1. The van der Waals surface area contributed by atoms with E-state index in [2.05, 4.69) is 48.1 Å². The molecule has 0 radical (unpaired) electrons. The number of hydrogen-bond acceptors (Lipinski definition) is 4. The zero-order chi connectivity index (χ0) is 20.6. The van der Waals surface area contributed by atoms with Crippen molar-refractivity contribution in [2.24, 2.45) is 4.99 Å². The Balaban J connectivity index is 1.66. The quantitative estimate of drug-likeness (QED) is 0.407. The van der Waals surface area contributed by atoms with E-state index in [-0.39, 0.29) is 6.04 Å². The van der Waals surface area contributed by atoms with Crippen LogP contribution in [0.15, 0.2) is 41.9 Å². The van der Waals surface area contributed by atoms with E-state index < -0.39 is 0 Å². The number of aromatic nitrogens is 3. The van der Waals surface area contributed by atoms with Crippen LogP contribution in [0.2, 0.25) is 0 Å². The van der Waals surface area contributed by atoms with Crippen LogP contribution in [0.25, 0.3) is 0 Å². The van der Waals surface area contributed by atoms with Gasteiger partial charge in [-0.3, -0.25) is 0 Å². The highest BCUT2D eigenvalue weighted by Gasteiger charge is 2.23. The summed E-state index contributed by atoms with van der Waals surface area (Å²) in [5.41, 5.74) is 1.05. The second-order valence-electron chi connectivity index (χ2n) is 7.51.